The van der Waals surface area contributed by atoms with E-state index in [0.717, 1.165) is 50.5 Å². The molecule has 0 fully saturated rings. The van der Waals surface area contributed by atoms with E-state index in [1.807, 2.05) is 18.2 Å². The fourth-order valence-corrected chi connectivity index (χ4v) is 7.01. The SMILES string of the molecule is CC[C@H]1C[C@@H]2NC(=O)c3ccc4c(c3)[C@@H](CCO4)N3C(=O)C[C@@](CC)(CCCCc4ccc1c2c4)N=C3N. The van der Waals surface area contributed by atoms with Crippen molar-refractivity contribution in [3.63, 3.8) is 0 Å². The first-order chi connectivity index (χ1) is 18.4. The number of fused-ring (bicyclic) bond motifs is 5. The van der Waals surface area contributed by atoms with Crippen molar-refractivity contribution in [2.75, 3.05) is 6.61 Å². The van der Waals surface area contributed by atoms with Crippen LogP contribution >= 0.6 is 0 Å². The van der Waals surface area contributed by atoms with Gasteiger partial charge in [0.15, 0.2) is 5.96 Å². The van der Waals surface area contributed by atoms with Gasteiger partial charge in [0.25, 0.3) is 5.91 Å². The molecule has 0 aromatic heterocycles. The fourth-order valence-electron chi connectivity index (χ4n) is 7.01. The van der Waals surface area contributed by atoms with Crippen molar-refractivity contribution in [2.24, 2.45) is 10.7 Å². The highest BCUT2D eigenvalue weighted by molar-refractivity contribution is 6.00. The van der Waals surface area contributed by atoms with Crippen LogP contribution in [0.1, 0.15) is 116 Å². The van der Waals surface area contributed by atoms with Crippen molar-refractivity contribution in [3.05, 3.63) is 64.2 Å². The smallest absolute Gasteiger partial charge is 0.251 e. The summed E-state index contributed by atoms with van der Waals surface area (Å²) in [6.07, 6.45) is 7.54. The zero-order valence-corrected chi connectivity index (χ0v) is 22.5. The molecular weight excluding hydrogens is 476 g/mol. The molecular formula is C31H38N4O3. The Hall–Kier alpha value is -3.35. The quantitative estimate of drug-likeness (QED) is 0.568. The van der Waals surface area contributed by atoms with E-state index in [1.165, 1.54) is 16.7 Å². The molecule has 1 aliphatic carbocycles. The number of guanidine groups is 1. The number of nitrogens with two attached hydrogens (primary N) is 1. The fraction of sp³-hybridized carbons (Fsp3) is 0.516. The molecule has 0 radical (unpaired) electrons. The number of aliphatic imine (C=N–C) groups is 1. The molecule has 0 spiro atoms. The second-order valence-electron chi connectivity index (χ2n) is 11.4. The van der Waals surface area contributed by atoms with Crippen LogP contribution in [0.2, 0.25) is 0 Å². The zero-order valence-electron chi connectivity index (χ0n) is 22.5. The van der Waals surface area contributed by atoms with Gasteiger partial charge in [-0.05, 0) is 79.3 Å². The molecule has 2 amide bonds. The summed E-state index contributed by atoms with van der Waals surface area (Å²) < 4.78 is 5.93. The Labute approximate surface area is 224 Å². The molecule has 2 aromatic rings. The molecule has 5 aliphatic rings. The first kappa shape index (κ1) is 25.0. The average Bonchev–Trinajstić information content (AvgIpc) is 3.26. The van der Waals surface area contributed by atoms with Crippen LogP contribution in [-0.2, 0) is 11.2 Å². The summed E-state index contributed by atoms with van der Waals surface area (Å²) in [5.74, 6) is 1.34. The summed E-state index contributed by atoms with van der Waals surface area (Å²) in [5, 5.41) is 3.33. The van der Waals surface area contributed by atoms with Crippen LogP contribution in [0.15, 0.2) is 41.4 Å². The topological polar surface area (TPSA) is 97.0 Å². The summed E-state index contributed by atoms with van der Waals surface area (Å²) >= 11 is 0. The van der Waals surface area contributed by atoms with E-state index in [1.54, 1.807) is 4.90 Å². The van der Waals surface area contributed by atoms with E-state index in [2.05, 4.69) is 37.4 Å². The first-order valence-corrected chi connectivity index (χ1v) is 14.3. The molecule has 38 heavy (non-hydrogen) atoms. The van der Waals surface area contributed by atoms with Gasteiger partial charge in [-0.1, -0.05) is 38.5 Å². The predicted molar refractivity (Wildman–Crippen MR) is 147 cm³/mol. The molecule has 4 aliphatic heterocycles. The largest absolute Gasteiger partial charge is 0.493 e. The van der Waals surface area contributed by atoms with Gasteiger partial charge in [0.1, 0.15) is 5.75 Å². The van der Waals surface area contributed by atoms with Gasteiger partial charge < -0.3 is 15.8 Å². The Morgan fingerprint density at radius 1 is 1.11 bits per heavy atom. The van der Waals surface area contributed by atoms with Gasteiger partial charge in [-0.15, -0.1) is 0 Å². The van der Waals surface area contributed by atoms with Crippen molar-refractivity contribution < 1.29 is 14.3 Å². The van der Waals surface area contributed by atoms with Gasteiger partial charge in [-0.3, -0.25) is 14.5 Å². The van der Waals surface area contributed by atoms with Gasteiger partial charge in [-0.25, -0.2) is 4.99 Å². The summed E-state index contributed by atoms with van der Waals surface area (Å²) in [6.45, 7) is 4.81. The Morgan fingerprint density at radius 3 is 2.76 bits per heavy atom. The average molecular weight is 515 g/mol. The second kappa shape index (κ2) is 9.75. The van der Waals surface area contributed by atoms with E-state index in [4.69, 9.17) is 15.5 Å². The van der Waals surface area contributed by atoms with Gasteiger partial charge >= 0.3 is 0 Å². The third-order valence-electron chi connectivity index (χ3n) is 9.24. The van der Waals surface area contributed by atoms with Crippen LogP contribution < -0.4 is 15.8 Å². The van der Waals surface area contributed by atoms with Gasteiger partial charge in [0.2, 0.25) is 5.91 Å². The van der Waals surface area contributed by atoms with E-state index < -0.39 is 5.54 Å². The molecule has 7 rings (SSSR count). The maximum atomic E-state index is 13.6. The molecule has 6 bridgehead atoms. The van der Waals surface area contributed by atoms with Crippen molar-refractivity contribution in [2.45, 2.75) is 95.2 Å². The highest BCUT2D eigenvalue weighted by Gasteiger charge is 2.42. The molecule has 0 unspecified atom stereocenters. The number of nitrogens with one attached hydrogen (secondary N) is 1. The predicted octanol–water partition coefficient (Wildman–Crippen LogP) is 5.30. The number of hydrogen-bond acceptors (Lipinski definition) is 5. The number of carbonyl (C=O) groups is 2. The van der Waals surface area contributed by atoms with Crippen LogP contribution in [0, 0.1) is 0 Å². The van der Waals surface area contributed by atoms with Crippen LogP contribution in [0.5, 0.6) is 5.75 Å². The lowest BCUT2D eigenvalue weighted by molar-refractivity contribution is -0.132. The monoisotopic (exact) mass is 514 g/mol. The van der Waals surface area contributed by atoms with Crippen molar-refractivity contribution >= 4 is 17.8 Å². The summed E-state index contributed by atoms with van der Waals surface area (Å²) in [5.41, 5.74) is 11.4. The van der Waals surface area contributed by atoms with E-state index in [0.29, 0.717) is 36.7 Å². The third kappa shape index (κ3) is 4.26. The number of rotatable bonds is 2. The number of benzene rings is 2. The van der Waals surface area contributed by atoms with Crippen LogP contribution in [-0.4, -0.2) is 34.8 Å². The number of nitrogens with zero attached hydrogens (tertiary/aromatic N) is 2. The Bertz CT molecular complexity index is 1300. The minimum absolute atomic E-state index is 0.00292. The molecule has 0 saturated heterocycles. The zero-order chi connectivity index (χ0) is 26.4. The Kier molecular flexibility index (Phi) is 6.40. The molecule has 3 N–H and O–H groups in total. The normalized spacial score (nSPS) is 28.7. The maximum Gasteiger partial charge on any atom is 0.251 e. The van der Waals surface area contributed by atoms with Crippen LogP contribution in [0.25, 0.3) is 0 Å². The molecule has 2 aromatic carbocycles. The van der Waals surface area contributed by atoms with E-state index >= 15 is 0 Å². The Morgan fingerprint density at radius 2 is 1.97 bits per heavy atom. The third-order valence-corrected chi connectivity index (χ3v) is 9.24. The molecule has 0 saturated carbocycles. The number of amides is 2. The van der Waals surface area contributed by atoms with Crippen molar-refractivity contribution in [3.8, 4) is 5.75 Å². The molecule has 7 heteroatoms. The number of ether oxygens (including phenoxy) is 1. The standard InChI is InChI=1S/C31H38N4O3/c1-3-20-17-25-23-15-19(8-10-22(20)23)7-5-6-13-31(4-2)18-28(36)35(30(32)34-31)26-12-14-38-27-11-9-21(16-24(26)27)29(37)33-25/h8-11,15-16,20,25-26H,3-7,12-14,17-18H2,1-2H3,(H2,32,34)(H,33,37)/t20-,25-,26+,31+/m0/s1. The number of hydrogen-bond donors (Lipinski definition) is 2. The second-order valence-corrected chi connectivity index (χ2v) is 11.4. The first-order valence-electron chi connectivity index (χ1n) is 14.3. The van der Waals surface area contributed by atoms with Crippen molar-refractivity contribution in [1.29, 1.82) is 0 Å². The molecule has 4 atom stereocenters. The van der Waals surface area contributed by atoms with Gasteiger partial charge in [0, 0.05) is 17.5 Å². The minimum atomic E-state index is -0.448. The highest BCUT2D eigenvalue weighted by Crippen LogP contribution is 2.44. The summed E-state index contributed by atoms with van der Waals surface area (Å²) in [7, 11) is 0. The van der Waals surface area contributed by atoms with Crippen LogP contribution in [0.3, 0.4) is 0 Å². The number of carbonyl (C=O) groups excluding carboxylic acids is 2. The lowest BCUT2D eigenvalue weighted by Crippen LogP contribution is -2.53. The summed E-state index contributed by atoms with van der Waals surface area (Å²) in [4.78, 5) is 33.8. The minimum Gasteiger partial charge on any atom is -0.493 e. The summed E-state index contributed by atoms with van der Waals surface area (Å²) in [6, 6.07) is 12.1. The van der Waals surface area contributed by atoms with Gasteiger partial charge in [-0.2, -0.15) is 0 Å². The lowest BCUT2D eigenvalue weighted by atomic mass is 9.84. The molecule has 4 heterocycles. The van der Waals surface area contributed by atoms with Crippen LogP contribution in [0.4, 0.5) is 0 Å². The molecule has 7 nitrogen and oxygen atoms in total. The van der Waals surface area contributed by atoms with Crippen molar-refractivity contribution in [1.82, 2.24) is 10.2 Å². The Balaban J connectivity index is 1.43. The highest BCUT2D eigenvalue weighted by atomic mass is 16.5. The lowest BCUT2D eigenvalue weighted by Gasteiger charge is -2.42. The van der Waals surface area contributed by atoms with E-state index in [9.17, 15) is 9.59 Å². The molecule has 200 valence electrons. The number of aryl methyl sites for hydroxylation is 1. The maximum absolute atomic E-state index is 13.6. The van der Waals surface area contributed by atoms with E-state index in [-0.39, 0.29) is 29.9 Å². The van der Waals surface area contributed by atoms with Gasteiger partial charge in [0.05, 0.1) is 30.7 Å².